The summed E-state index contributed by atoms with van der Waals surface area (Å²) in [5.74, 6) is 0. The smallest absolute Gasteiger partial charge is 0.0948 e. The summed E-state index contributed by atoms with van der Waals surface area (Å²) in [5, 5.41) is 0. The Bertz CT molecular complexity index is 308. The van der Waals surface area contributed by atoms with Gasteiger partial charge in [0.1, 0.15) is 0 Å². The number of ether oxygens (including phenoxy) is 1. The fourth-order valence-corrected chi connectivity index (χ4v) is 2.39. The van der Waals surface area contributed by atoms with Crippen molar-refractivity contribution in [3.63, 3.8) is 0 Å². The largest absolute Gasteiger partial charge is 0.372 e. The van der Waals surface area contributed by atoms with Crippen LogP contribution in [0.15, 0.2) is 18.7 Å². The Balaban J connectivity index is 1.60. The first-order valence-electron chi connectivity index (χ1n) is 5.73. The number of epoxide rings is 1. The molecule has 3 heterocycles. The van der Waals surface area contributed by atoms with Crippen LogP contribution in [0.1, 0.15) is 18.9 Å². The lowest BCUT2D eigenvalue weighted by Gasteiger charge is -2.32. The molecule has 2 aliphatic rings. The minimum absolute atomic E-state index is 0.520. The Morgan fingerprint density at radius 2 is 2.40 bits per heavy atom. The Morgan fingerprint density at radius 1 is 1.47 bits per heavy atom. The number of hydrogen-bond donors (Lipinski definition) is 0. The van der Waals surface area contributed by atoms with Crippen molar-refractivity contribution >= 4 is 0 Å². The van der Waals surface area contributed by atoms with Gasteiger partial charge in [-0.3, -0.25) is 4.90 Å². The van der Waals surface area contributed by atoms with E-state index in [1.807, 2.05) is 12.5 Å². The van der Waals surface area contributed by atoms with Crippen LogP contribution < -0.4 is 0 Å². The van der Waals surface area contributed by atoms with E-state index >= 15 is 0 Å². The van der Waals surface area contributed by atoms with Crippen LogP contribution in [-0.2, 0) is 4.74 Å². The molecule has 4 nitrogen and oxygen atoms in total. The molecule has 4 heteroatoms. The molecule has 0 aromatic carbocycles. The van der Waals surface area contributed by atoms with Gasteiger partial charge in [-0.2, -0.15) is 0 Å². The summed E-state index contributed by atoms with van der Waals surface area (Å²) in [5.41, 5.74) is 0. The fraction of sp³-hybridized carbons (Fsp3) is 0.727. The zero-order valence-electron chi connectivity index (χ0n) is 8.88. The van der Waals surface area contributed by atoms with Crippen molar-refractivity contribution in [2.24, 2.45) is 0 Å². The molecule has 0 bridgehead atoms. The van der Waals surface area contributed by atoms with Crippen LogP contribution in [0.5, 0.6) is 0 Å². The van der Waals surface area contributed by atoms with Gasteiger partial charge in [0.15, 0.2) is 0 Å². The predicted octanol–water partition coefficient (Wildman–Crippen LogP) is 0.919. The quantitative estimate of drug-likeness (QED) is 0.691. The lowest BCUT2D eigenvalue weighted by Crippen LogP contribution is -2.38. The Kier molecular flexibility index (Phi) is 2.46. The molecule has 0 spiro atoms. The highest BCUT2D eigenvalue weighted by Gasteiger charge is 2.28. The zero-order valence-corrected chi connectivity index (χ0v) is 8.88. The molecular formula is C11H17N3O. The molecule has 0 amide bonds. The van der Waals surface area contributed by atoms with Crippen molar-refractivity contribution in [2.75, 3.05) is 26.2 Å². The average Bonchev–Trinajstić information content (AvgIpc) is 2.91. The van der Waals surface area contributed by atoms with E-state index in [1.54, 1.807) is 0 Å². The second kappa shape index (κ2) is 3.94. The van der Waals surface area contributed by atoms with Crippen molar-refractivity contribution < 1.29 is 4.74 Å². The lowest BCUT2D eigenvalue weighted by atomic mass is 10.1. The van der Waals surface area contributed by atoms with Crippen LogP contribution in [0.4, 0.5) is 0 Å². The topological polar surface area (TPSA) is 33.6 Å². The third-order valence-corrected chi connectivity index (χ3v) is 3.29. The highest BCUT2D eigenvalue weighted by atomic mass is 16.6. The number of likely N-dealkylation sites (tertiary alicyclic amines) is 1. The summed E-state index contributed by atoms with van der Waals surface area (Å²) >= 11 is 0. The molecular weight excluding hydrogens is 190 g/mol. The van der Waals surface area contributed by atoms with Gasteiger partial charge >= 0.3 is 0 Å². The van der Waals surface area contributed by atoms with Crippen LogP contribution >= 0.6 is 0 Å². The first kappa shape index (κ1) is 9.36. The summed E-state index contributed by atoms with van der Waals surface area (Å²) < 4.78 is 7.51. The van der Waals surface area contributed by atoms with Crippen LogP contribution in [0.3, 0.4) is 0 Å². The van der Waals surface area contributed by atoms with Crippen LogP contribution in [0.2, 0.25) is 0 Å². The Labute approximate surface area is 89.9 Å². The minimum Gasteiger partial charge on any atom is -0.372 e. The standard InChI is InChI=1S/C11H17N3O/c1-2-10(14-5-3-12-9-14)6-13(4-1)7-11-8-15-11/h3,5,9-11H,1-2,4,6-8H2/t10-,11+/m1/s1. The van der Waals surface area contributed by atoms with Crippen molar-refractivity contribution in [3.05, 3.63) is 18.7 Å². The summed E-state index contributed by atoms with van der Waals surface area (Å²) in [6, 6.07) is 0.611. The molecule has 0 aliphatic carbocycles. The molecule has 0 radical (unpaired) electrons. The van der Waals surface area contributed by atoms with E-state index < -0.39 is 0 Å². The molecule has 0 saturated carbocycles. The van der Waals surface area contributed by atoms with E-state index in [4.69, 9.17) is 4.74 Å². The lowest BCUT2D eigenvalue weighted by molar-refractivity contribution is 0.164. The molecule has 15 heavy (non-hydrogen) atoms. The van der Waals surface area contributed by atoms with E-state index in [0.717, 1.165) is 19.7 Å². The van der Waals surface area contributed by atoms with Crippen LogP contribution in [0.25, 0.3) is 0 Å². The number of piperidine rings is 1. The molecule has 2 atom stereocenters. The van der Waals surface area contributed by atoms with E-state index in [9.17, 15) is 0 Å². The number of nitrogens with zero attached hydrogens (tertiary/aromatic N) is 3. The van der Waals surface area contributed by atoms with Crippen LogP contribution in [0, 0.1) is 0 Å². The third kappa shape index (κ3) is 2.21. The Morgan fingerprint density at radius 3 is 3.13 bits per heavy atom. The summed E-state index contributed by atoms with van der Waals surface area (Å²) in [4.78, 5) is 6.64. The number of imidazole rings is 1. The average molecular weight is 207 g/mol. The summed E-state index contributed by atoms with van der Waals surface area (Å²) in [6.45, 7) is 4.46. The molecule has 1 aromatic heterocycles. The number of hydrogen-bond acceptors (Lipinski definition) is 3. The molecule has 3 rings (SSSR count). The second-order valence-corrected chi connectivity index (χ2v) is 4.52. The molecule has 82 valence electrons. The van der Waals surface area contributed by atoms with Gasteiger partial charge in [0, 0.05) is 31.5 Å². The maximum Gasteiger partial charge on any atom is 0.0948 e. The second-order valence-electron chi connectivity index (χ2n) is 4.52. The van der Waals surface area contributed by atoms with Gasteiger partial charge in [0.2, 0.25) is 0 Å². The number of rotatable bonds is 3. The molecule has 0 N–H and O–H groups in total. The van der Waals surface area contributed by atoms with Crippen molar-refractivity contribution in [1.29, 1.82) is 0 Å². The monoisotopic (exact) mass is 207 g/mol. The molecule has 2 fully saturated rings. The predicted molar refractivity (Wildman–Crippen MR) is 56.7 cm³/mol. The van der Waals surface area contributed by atoms with Crippen molar-refractivity contribution in [2.45, 2.75) is 25.0 Å². The molecule has 1 aromatic rings. The normalized spacial score (nSPS) is 31.7. The highest BCUT2D eigenvalue weighted by molar-refractivity contribution is 4.86. The van der Waals surface area contributed by atoms with Gasteiger partial charge in [-0.15, -0.1) is 0 Å². The van der Waals surface area contributed by atoms with Gasteiger partial charge < -0.3 is 9.30 Å². The van der Waals surface area contributed by atoms with E-state index in [0.29, 0.717) is 12.1 Å². The maximum absolute atomic E-state index is 5.28. The Hall–Kier alpha value is -0.870. The highest BCUT2D eigenvalue weighted by Crippen LogP contribution is 2.22. The third-order valence-electron chi connectivity index (χ3n) is 3.29. The minimum atomic E-state index is 0.520. The summed E-state index contributed by atoms with van der Waals surface area (Å²) in [7, 11) is 0. The fourth-order valence-electron chi connectivity index (χ4n) is 2.39. The van der Waals surface area contributed by atoms with Gasteiger partial charge in [-0.25, -0.2) is 4.98 Å². The first-order chi connectivity index (χ1) is 7.42. The molecule has 2 saturated heterocycles. The van der Waals surface area contributed by atoms with Gasteiger partial charge in [-0.1, -0.05) is 0 Å². The zero-order chi connectivity index (χ0) is 10.1. The van der Waals surface area contributed by atoms with E-state index in [2.05, 4.69) is 20.6 Å². The van der Waals surface area contributed by atoms with Gasteiger partial charge in [0.05, 0.1) is 19.0 Å². The van der Waals surface area contributed by atoms with Crippen LogP contribution in [-0.4, -0.2) is 46.8 Å². The molecule has 2 aliphatic heterocycles. The van der Waals surface area contributed by atoms with Gasteiger partial charge in [0.25, 0.3) is 0 Å². The first-order valence-corrected chi connectivity index (χ1v) is 5.73. The SMILES string of the molecule is c1cn([C@@H]2CCCN(C[C@H]3CO3)C2)cn1. The number of aromatic nitrogens is 2. The van der Waals surface area contributed by atoms with E-state index in [1.165, 1.54) is 19.4 Å². The van der Waals surface area contributed by atoms with E-state index in [-0.39, 0.29) is 0 Å². The van der Waals surface area contributed by atoms with Gasteiger partial charge in [-0.05, 0) is 19.4 Å². The summed E-state index contributed by atoms with van der Waals surface area (Å²) in [6.07, 6.45) is 8.95. The van der Waals surface area contributed by atoms with Crippen molar-refractivity contribution in [3.8, 4) is 0 Å². The van der Waals surface area contributed by atoms with Crippen molar-refractivity contribution in [1.82, 2.24) is 14.5 Å². The maximum atomic E-state index is 5.28. The molecule has 0 unspecified atom stereocenters.